The number of β-amino-alcohol motifs (C(OH)–C–C–N with tert-alkyl or cyclic N) is 1. The first-order chi connectivity index (χ1) is 11.6. The van der Waals surface area contributed by atoms with E-state index in [9.17, 15) is 9.90 Å². The lowest BCUT2D eigenvalue weighted by Crippen LogP contribution is -2.47. The number of aliphatic hydroxyl groups is 1. The summed E-state index contributed by atoms with van der Waals surface area (Å²) in [6, 6.07) is 0.498. The van der Waals surface area contributed by atoms with Crippen molar-refractivity contribution < 1.29 is 14.6 Å². The number of rotatable bonds is 4. The van der Waals surface area contributed by atoms with Gasteiger partial charge in [0.2, 0.25) is 5.91 Å². The third kappa shape index (κ3) is 4.69. The molecule has 0 unspecified atom stereocenters. The van der Waals surface area contributed by atoms with Gasteiger partial charge in [0.1, 0.15) is 0 Å². The number of nitrogens with two attached hydrogens (primary N) is 1. The lowest BCUT2D eigenvalue weighted by atomic mass is 9.84. The molecule has 2 aliphatic heterocycles. The van der Waals surface area contributed by atoms with Crippen LogP contribution in [0.1, 0.15) is 44.9 Å². The maximum Gasteiger partial charge on any atom is 0.223 e. The van der Waals surface area contributed by atoms with Gasteiger partial charge in [0.25, 0.3) is 0 Å². The largest absolute Gasteiger partial charge is 0.389 e. The lowest BCUT2D eigenvalue weighted by molar-refractivity contribution is -0.123. The normalized spacial score (nSPS) is 30.8. The van der Waals surface area contributed by atoms with Gasteiger partial charge in [-0.15, -0.1) is 0 Å². The van der Waals surface area contributed by atoms with Crippen LogP contribution in [0, 0.1) is 5.92 Å². The van der Waals surface area contributed by atoms with E-state index in [-0.39, 0.29) is 11.8 Å². The Hall–Kier alpha value is -0.690. The van der Waals surface area contributed by atoms with E-state index in [2.05, 4.69) is 9.80 Å². The Balaban J connectivity index is 1.63. The van der Waals surface area contributed by atoms with Crippen LogP contribution in [0.5, 0.6) is 0 Å². The molecular formula is C18H33N3O3. The molecule has 1 amide bonds. The highest BCUT2D eigenvalue weighted by Crippen LogP contribution is 2.29. The zero-order chi connectivity index (χ0) is 17.0. The summed E-state index contributed by atoms with van der Waals surface area (Å²) in [5.74, 6) is -0.364. The summed E-state index contributed by atoms with van der Waals surface area (Å²) in [5.41, 5.74) is 5.10. The van der Waals surface area contributed by atoms with Gasteiger partial charge >= 0.3 is 0 Å². The Bertz CT molecular complexity index is 420. The number of amides is 1. The van der Waals surface area contributed by atoms with Crippen molar-refractivity contribution in [2.45, 2.75) is 56.6 Å². The van der Waals surface area contributed by atoms with E-state index in [4.69, 9.17) is 10.5 Å². The summed E-state index contributed by atoms with van der Waals surface area (Å²) in [6.45, 7) is 5.58. The van der Waals surface area contributed by atoms with Crippen LogP contribution in [0.2, 0.25) is 0 Å². The minimum absolute atomic E-state index is 0.150. The molecule has 0 aromatic rings. The zero-order valence-corrected chi connectivity index (χ0v) is 14.8. The predicted octanol–water partition coefficient (Wildman–Crippen LogP) is 0.580. The second-order valence-electron chi connectivity index (χ2n) is 7.96. The second-order valence-corrected chi connectivity index (χ2v) is 7.96. The summed E-state index contributed by atoms with van der Waals surface area (Å²) in [5, 5.41) is 10.9. The molecule has 0 spiro atoms. The van der Waals surface area contributed by atoms with Crippen molar-refractivity contribution in [2.75, 3.05) is 45.9 Å². The van der Waals surface area contributed by atoms with E-state index in [1.165, 1.54) is 6.42 Å². The van der Waals surface area contributed by atoms with Crippen LogP contribution >= 0.6 is 0 Å². The molecule has 2 saturated heterocycles. The maximum atomic E-state index is 11.9. The monoisotopic (exact) mass is 339 g/mol. The molecule has 1 aliphatic carbocycles. The standard InChI is InChI=1S/C18H33N3O3/c19-17(22)15-12-20(14-18(23)6-2-1-3-7-18)8-9-21(13-15)16-4-10-24-11-5-16/h15-16,23H,1-14H2,(H2,19,22)/t15-/m1/s1. The Morgan fingerprint density at radius 1 is 1.12 bits per heavy atom. The minimum atomic E-state index is -0.575. The number of carbonyl (C=O) groups is 1. The Kier molecular flexibility index (Phi) is 6.13. The minimum Gasteiger partial charge on any atom is -0.389 e. The van der Waals surface area contributed by atoms with E-state index in [1.54, 1.807) is 0 Å². The Labute approximate surface area is 145 Å². The number of primary amides is 1. The highest BCUT2D eigenvalue weighted by molar-refractivity contribution is 5.77. The zero-order valence-electron chi connectivity index (χ0n) is 14.8. The molecule has 138 valence electrons. The molecule has 0 aromatic carbocycles. The third-order valence-corrected chi connectivity index (χ3v) is 6.05. The first kappa shape index (κ1) is 18.1. The predicted molar refractivity (Wildman–Crippen MR) is 92.6 cm³/mol. The first-order valence-electron chi connectivity index (χ1n) is 9.62. The average Bonchev–Trinajstić information content (AvgIpc) is 2.79. The number of hydrogen-bond donors (Lipinski definition) is 2. The smallest absolute Gasteiger partial charge is 0.223 e. The molecule has 3 fully saturated rings. The highest BCUT2D eigenvalue weighted by atomic mass is 16.5. The first-order valence-corrected chi connectivity index (χ1v) is 9.62. The summed E-state index contributed by atoms with van der Waals surface area (Å²) < 4.78 is 5.47. The van der Waals surface area contributed by atoms with Gasteiger partial charge in [-0.05, 0) is 25.7 Å². The van der Waals surface area contributed by atoms with Crippen LogP contribution in [0.25, 0.3) is 0 Å². The van der Waals surface area contributed by atoms with E-state index in [0.29, 0.717) is 19.1 Å². The summed E-state index contributed by atoms with van der Waals surface area (Å²) >= 11 is 0. The van der Waals surface area contributed by atoms with Crippen molar-refractivity contribution >= 4 is 5.91 Å². The van der Waals surface area contributed by atoms with Crippen LogP contribution in [0.4, 0.5) is 0 Å². The third-order valence-electron chi connectivity index (χ3n) is 6.05. The van der Waals surface area contributed by atoms with Gasteiger partial charge in [0, 0.05) is 52.0 Å². The molecule has 6 heteroatoms. The van der Waals surface area contributed by atoms with Gasteiger partial charge in [-0.2, -0.15) is 0 Å². The summed E-state index contributed by atoms with van der Waals surface area (Å²) in [7, 11) is 0. The van der Waals surface area contributed by atoms with Crippen LogP contribution < -0.4 is 5.73 Å². The molecule has 0 radical (unpaired) electrons. The van der Waals surface area contributed by atoms with Gasteiger partial charge in [-0.3, -0.25) is 14.6 Å². The van der Waals surface area contributed by atoms with Gasteiger partial charge in [-0.1, -0.05) is 19.3 Å². The molecule has 24 heavy (non-hydrogen) atoms. The van der Waals surface area contributed by atoms with Crippen LogP contribution in [-0.2, 0) is 9.53 Å². The van der Waals surface area contributed by atoms with E-state index >= 15 is 0 Å². The fourth-order valence-electron chi connectivity index (χ4n) is 4.59. The number of hydrogen-bond acceptors (Lipinski definition) is 5. The molecule has 1 saturated carbocycles. The molecule has 0 aromatic heterocycles. The molecule has 3 aliphatic rings. The number of nitrogens with zero attached hydrogens (tertiary/aromatic N) is 2. The highest BCUT2D eigenvalue weighted by Gasteiger charge is 2.35. The van der Waals surface area contributed by atoms with Gasteiger partial charge in [0.05, 0.1) is 11.5 Å². The van der Waals surface area contributed by atoms with Crippen LogP contribution in [0.3, 0.4) is 0 Å². The molecule has 3 N–H and O–H groups in total. The molecule has 3 rings (SSSR count). The molecule has 2 heterocycles. The van der Waals surface area contributed by atoms with Crippen molar-refractivity contribution in [3.05, 3.63) is 0 Å². The second kappa shape index (κ2) is 8.13. The van der Waals surface area contributed by atoms with Crippen LogP contribution in [0.15, 0.2) is 0 Å². The van der Waals surface area contributed by atoms with Gasteiger partial charge in [-0.25, -0.2) is 0 Å². The summed E-state index contributed by atoms with van der Waals surface area (Å²) in [6.07, 6.45) is 7.28. The Morgan fingerprint density at radius 3 is 2.50 bits per heavy atom. The van der Waals surface area contributed by atoms with E-state index in [1.807, 2.05) is 0 Å². The molecular weight excluding hydrogens is 306 g/mol. The van der Waals surface area contributed by atoms with Crippen molar-refractivity contribution in [1.82, 2.24) is 9.80 Å². The molecule has 1 atom stereocenters. The van der Waals surface area contributed by atoms with Gasteiger partial charge < -0.3 is 15.6 Å². The fourth-order valence-corrected chi connectivity index (χ4v) is 4.59. The van der Waals surface area contributed by atoms with Gasteiger partial charge in [0.15, 0.2) is 0 Å². The maximum absolute atomic E-state index is 11.9. The van der Waals surface area contributed by atoms with Crippen LogP contribution in [-0.4, -0.2) is 78.4 Å². The Morgan fingerprint density at radius 2 is 1.83 bits per heavy atom. The van der Waals surface area contributed by atoms with Crippen molar-refractivity contribution in [2.24, 2.45) is 11.7 Å². The number of carbonyl (C=O) groups excluding carboxylic acids is 1. The SMILES string of the molecule is NC(=O)[C@@H]1CN(CC2(O)CCCCC2)CCN(C2CCOCC2)C1. The van der Waals surface area contributed by atoms with Crippen molar-refractivity contribution in [3.63, 3.8) is 0 Å². The quantitative estimate of drug-likeness (QED) is 0.783. The van der Waals surface area contributed by atoms with Crippen molar-refractivity contribution in [1.29, 1.82) is 0 Å². The average molecular weight is 339 g/mol. The lowest BCUT2D eigenvalue weighted by Gasteiger charge is -2.37. The number of ether oxygens (including phenoxy) is 1. The summed E-state index contributed by atoms with van der Waals surface area (Å²) in [4.78, 5) is 16.6. The van der Waals surface area contributed by atoms with Crippen molar-refractivity contribution in [3.8, 4) is 0 Å². The molecule has 0 bridgehead atoms. The van der Waals surface area contributed by atoms with E-state index < -0.39 is 5.60 Å². The molecule has 6 nitrogen and oxygen atoms in total. The topological polar surface area (TPSA) is 79.0 Å². The fraction of sp³-hybridized carbons (Fsp3) is 0.944. The van der Waals surface area contributed by atoms with E-state index in [0.717, 1.165) is 71.4 Å².